The van der Waals surface area contributed by atoms with Crippen molar-refractivity contribution < 1.29 is 9.47 Å². The van der Waals surface area contributed by atoms with Crippen molar-refractivity contribution in [3.63, 3.8) is 0 Å². The average molecular weight is 259 g/mol. The van der Waals surface area contributed by atoms with Gasteiger partial charge in [0.1, 0.15) is 5.75 Å². The molecule has 0 radical (unpaired) electrons. The number of rotatable bonds is 7. The monoisotopic (exact) mass is 259 g/mol. The summed E-state index contributed by atoms with van der Waals surface area (Å²) in [7, 11) is 1.72. The van der Waals surface area contributed by atoms with Gasteiger partial charge in [-0.25, -0.2) is 0 Å². The van der Waals surface area contributed by atoms with Gasteiger partial charge < -0.3 is 15.2 Å². The van der Waals surface area contributed by atoms with Crippen LogP contribution >= 0.6 is 0 Å². The third kappa shape index (κ3) is 3.46. The molecule has 0 saturated heterocycles. The minimum absolute atomic E-state index is 0.495. The molecule has 0 atom stereocenters. The van der Waals surface area contributed by atoms with Crippen LogP contribution in [0.1, 0.15) is 18.4 Å². The second-order valence-electron chi connectivity index (χ2n) is 4.52. The zero-order valence-electron chi connectivity index (χ0n) is 11.4. The Morgan fingerprint density at radius 1 is 1.00 bits per heavy atom. The Kier molecular flexibility index (Phi) is 5.19. The van der Waals surface area contributed by atoms with Crippen molar-refractivity contribution in [1.82, 2.24) is 0 Å². The predicted octanol–water partition coefficient (Wildman–Crippen LogP) is 3.10. The standard InChI is InChI=1S/C16H21NO2/c1-18-10-4-5-11-19-16-9-8-13-6-2-3-7-14(13)15(16)12-17/h2-3,6-9H,4-5,10-12,17H2,1H3. The highest BCUT2D eigenvalue weighted by Crippen LogP contribution is 2.27. The third-order valence-electron chi connectivity index (χ3n) is 3.20. The molecule has 2 aromatic carbocycles. The fraction of sp³-hybridized carbons (Fsp3) is 0.375. The van der Waals surface area contributed by atoms with Gasteiger partial charge in [-0.1, -0.05) is 30.3 Å². The van der Waals surface area contributed by atoms with Gasteiger partial charge in [0, 0.05) is 25.8 Å². The molecule has 0 spiro atoms. The van der Waals surface area contributed by atoms with E-state index >= 15 is 0 Å². The van der Waals surface area contributed by atoms with Crippen molar-refractivity contribution >= 4 is 10.8 Å². The van der Waals surface area contributed by atoms with Gasteiger partial charge in [-0.05, 0) is 29.7 Å². The van der Waals surface area contributed by atoms with Gasteiger partial charge in [-0.15, -0.1) is 0 Å². The number of hydrogen-bond acceptors (Lipinski definition) is 3. The van der Waals surface area contributed by atoms with Crippen LogP contribution in [0.2, 0.25) is 0 Å². The molecular weight excluding hydrogens is 238 g/mol. The molecule has 0 amide bonds. The van der Waals surface area contributed by atoms with Crippen LogP contribution in [-0.2, 0) is 11.3 Å². The van der Waals surface area contributed by atoms with Crippen molar-refractivity contribution in [1.29, 1.82) is 0 Å². The summed E-state index contributed by atoms with van der Waals surface area (Å²) in [5.74, 6) is 0.901. The van der Waals surface area contributed by atoms with Crippen LogP contribution in [0, 0.1) is 0 Å². The van der Waals surface area contributed by atoms with Crippen LogP contribution in [0.15, 0.2) is 36.4 Å². The number of ether oxygens (including phenoxy) is 2. The summed E-state index contributed by atoms with van der Waals surface area (Å²) in [6.07, 6.45) is 2.01. The van der Waals surface area contributed by atoms with Gasteiger partial charge >= 0.3 is 0 Å². The Bertz CT molecular complexity index is 525. The molecule has 0 aliphatic carbocycles. The van der Waals surface area contributed by atoms with Crippen LogP contribution in [0.25, 0.3) is 10.8 Å². The average Bonchev–Trinajstić information content (AvgIpc) is 2.46. The lowest BCUT2D eigenvalue weighted by atomic mass is 10.0. The van der Waals surface area contributed by atoms with E-state index in [1.165, 1.54) is 10.8 Å². The molecular formula is C16H21NO2. The van der Waals surface area contributed by atoms with Gasteiger partial charge in [0.05, 0.1) is 6.61 Å². The molecule has 0 saturated carbocycles. The summed E-state index contributed by atoms with van der Waals surface area (Å²) < 4.78 is 10.9. The Hall–Kier alpha value is -1.58. The lowest BCUT2D eigenvalue weighted by Gasteiger charge is -2.13. The quantitative estimate of drug-likeness (QED) is 0.777. The Morgan fingerprint density at radius 3 is 2.58 bits per heavy atom. The fourth-order valence-corrected chi connectivity index (χ4v) is 2.19. The first-order chi connectivity index (χ1) is 9.36. The number of benzene rings is 2. The van der Waals surface area contributed by atoms with Crippen molar-refractivity contribution in [2.75, 3.05) is 20.3 Å². The molecule has 2 aromatic rings. The van der Waals surface area contributed by atoms with Crippen molar-refractivity contribution in [3.8, 4) is 5.75 Å². The van der Waals surface area contributed by atoms with E-state index in [4.69, 9.17) is 15.2 Å². The largest absolute Gasteiger partial charge is 0.493 e. The first-order valence-electron chi connectivity index (χ1n) is 6.69. The van der Waals surface area contributed by atoms with E-state index in [0.29, 0.717) is 13.2 Å². The second-order valence-corrected chi connectivity index (χ2v) is 4.52. The van der Waals surface area contributed by atoms with E-state index in [2.05, 4.69) is 18.2 Å². The molecule has 2 rings (SSSR count). The molecule has 0 unspecified atom stereocenters. The summed E-state index contributed by atoms with van der Waals surface area (Å²) in [5, 5.41) is 2.38. The first kappa shape index (κ1) is 13.8. The van der Waals surface area contributed by atoms with E-state index < -0.39 is 0 Å². The van der Waals surface area contributed by atoms with Gasteiger partial charge in [0.2, 0.25) is 0 Å². The molecule has 0 aliphatic heterocycles. The molecule has 0 bridgehead atoms. The van der Waals surface area contributed by atoms with Crippen molar-refractivity contribution in [3.05, 3.63) is 42.0 Å². The summed E-state index contributed by atoms with van der Waals surface area (Å²) in [6, 6.07) is 12.4. The first-order valence-corrected chi connectivity index (χ1v) is 6.69. The Balaban J connectivity index is 2.10. The SMILES string of the molecule is COCCCCOc1ccc2ccccc2c1CN. The molecule has 0 fully saturated rings. The molecule has 102 valence electrons. The van der Waals surface area contributed by atoms with Crippen LogP contribution in [0.5, 0.6) is 5.75 Å². The number of fused-ring (bicyclic) bond motifs is 1. The lowest BCUT2D eigenvalue weighted by Crippen LogP contribution is -2.05. The molecule has 0 aliphatic rings. The Labute approximate surface area is 114 Å². The third-order valence-corrected chi connectivity index (χ3v) is 3.20. The fourth-order valence-electron chi connectivity index (χ4n) is 2.19. The highest BCUT2D eigenvalue weighted by Gasteiger charge is 2.06. The topological polar surface area (TPSA) is 44.5 Å². The molecule has 2 N–H and O–H groups in total. The number of unbranched alkanes of at least 4 members (excludes halogenated alkanes) is 1. The summed E-state index contributed by atoms with van der Waals surface area (Å²) in [4.78, 5) is 0. The van der Waals surface area contributed by atoms with Crippen molar-refractivity contribution in [2.45, 2.75) is 19.4 Å². The highest BCUT2D eigenvalue weighted by atomic mass is 16.5. The number of nitrogens with two attached hydrogens (primary N) is 1. The molecule has 3 nitrogen and oxygen atoms in total. The molecule has 19 heavy (non-hydrogen) atoms. The maximum absolute atomic E-state index is 5.87. The second kappa shape index (κ2) is 7.12. The van der Waals surface area contributed by atoms with Gasteiger partial charge in [-0.3, -0.25) is 0 Å². The smallest absolute Gasteiger partial charge is 0.124 e. The van der Waals surface area contributed by atoms with Crippen molar-refractivity contribution in [2.24, 2.45) is 5.73 Å². The van der Waals surface area contributed by atoms with Crippen LogP contribution in [0.4, 0.5) is 0 Å². The normalized spacial score (nSPS) is 10.8. The Morgan fingerprint density at radius 2 is 1.79 bits per heavy atom. The maximum Gasteiger partial charge on any atom is 0.124 e. The van der Waals surface area contributed by atoms with Crippen LogP contribution in [-0.4, -0.2) is 20.3 Å². The zero-order chi connectivity index (χ0) is 13.5. The summed E-state index contributed by atoms with van der Waals surface area (Å²) in [5.41, 5.74) is 6.96. The lowest BCUT2D eigenvalue weighted by molar-refractivity contribution is 0.184. The predicted molar refractivity (Wildman–Crippen MR) is 78.4 cm³/mol. The summed E-state index contributed by atoms with van der Waals surface area (Å²) in [6.45, 7) is 1.98. The van der Waals surface area contributed by atoms with Gasteiger partial charge in [0.25, 0.3) is 0 Å². The van der Waals surface area contributed by atoms with Gasteiger partial charge in [0.15, 0.2) is 0 Å². The van der Waals surface area contributed by atoms with Crippen LogP contribution in [0.3, 0.4) is 0 Å². The van der Waals surface area contributed by atoms with E-state index in [1.54, 1.807) is 7.11 Å². The minimum Gasteiger partial charge on any atom is -0.493 e. The molecule has 0 heterocycles. The minimum atomic E-state index is 0.495. The maximum atomic E-state index is 5.87. The number of hydrogen-bond donors (Lipinski definition) is 1. The molecule has 0 aromatic heterocycles. The zero-order valence-corrected chi connectivity index (χ0v) is 11.4. The van der Waals surface area contributed by atoms with E-state index in [-0.39, 0.29) is 0 Å². The molecule has 3 heteroatoms. The van der Waals surface area contributed by atoms with Crippen LogP contribution < -0.4 is 10.5 Å². The van der Waals surface area contributed by atoms with E-state index in [9.17, 15) is 0 Å². The number of methoxy groups -OCH3 is 1. The summed E-state index contributed by atoms with van der Waals surface area (Å²) >= 11 is 0. The van der Waals surface area contributed by atoms with E-state index in [1.807, 2.05) is 18.2 Å². The van der Waals surface area contributed by atoms with Gasteiger partial charge in [-0.2, -0.15) is 0 Å². The highest BCUT2D eigenvalue weighted by molar-refractivity contribution is 5.87. The van der Waals surface area contributed by atoms with E-state index in [0.717, 1.165) is 30.8 Å².